The van der Waals surface area contributed by atoms with E-state index in [0.29, 0.717) is 30.2 Å². The highest BCUT2D eigenvalue weighted by Gasteiger charge is 2.20. The van der Waals surface area contributed by atoms with E-state index < -0.39 is 0 Å². The Morgan fingerprint density at radius 3 is 2.54 bits per heavy atom. The van der Waals surface area contributed by atoms with Crippen LogP contribution in [-0.2, 0) is 14.3 Å². The minimum absolute atomic E-state index is 0.175. The van der Waals surface area contributed by atoms with E-state index in [2.05, 4.69) is 16.3 Å². The zero-order valence-corrected chi connectivity index (χ0v) is 15.7. The number of anilines is 3. The largest absolute Gasteiger partial charge is 0.378 e. The first-order valence-corrected chi connectivity index (χ1v) is 9.09. The summed E-state index contributed by atoms with van der Waals surface area (Å²) < 4.78 is 5.39. The highest BCUT2D eigenvalue weighted by Crippen LogP contribution is 2.26. The van der Waals surface area contributed by atoms with Crippen LogP contribution in [-0.4, -0.2) is 44.7 Å². The monoisotopic (exact) mass is 378 g/mol. The van der Waals surface area contributed by atoms with Gasteiger partial charge in [-0.25, -0.2) is 0 Å². The number of carbonyl (C=O) groups excluding carboxylic acids is 2. The standard InChI is InChI=1S/C21H22N4O3/c1-16(26)25(19-8-4-2-6-17(19)14-22)15-21(27)23-18-7-3-5-9-20(18)24-10-12-28-13-11-24/h2-9H,10-13,15H2,1H3,(H,23,27). The molecule has 3 rings (SSSR count). The summed E-state index contributed by atoms with van der Waals surface area (Å²) in [7, 11) is 0. The van der Waals surface area contributed by atoms with Gasteiger partial charge in [-0.3, -0.25) is 9.59 Å². The molecule has 1 heterocycles. The number of nitriles is 1. The van der Waals surface area contributed by atoms with Gasteiger partial charge in [-0.2, -0.15) is 5.26 Å². The zero-order valence-electron chi connectivity index (χ0n) is 15.7. The van der Waals surface area contributed by atoms with Gasteiger partial charge in [0.15, 0.2) is 0 Å². The molecule has 7 heteroatoms. The maximum absolute atomic E-state index is 12.7. The molecule has 0 saturated carbocycles. The first-order valence-electron chi connectivity index (χ1n) is 9.09. The van der Waals surface area contributed by atoms with Gasteiger partial charge in [0.05, 0.1) is 35.8 Å². The molecule has 0 radical (unpaired) electrons. The van der Waals surface area contributed by atoms with Crippen molar-refractivity contribution in [3.05, 3.63) is 54.1 Å². The fourth-order valence-corrected chi connectivity index (χ4v) is 3.16. The second kappa shape index (κ2) is 9.02. The smallest absolute Gasteiger partial charge is 0.244 e. The molecule has 28 heavy (non-hydrogen) atoms. The third-order valence-electron chi connectivity index (χ3n) is 4.53. The summed E-state index contributed by atoms with van der Waals surface area (Å²) in [6, 6.07) is 16.4. The van der Waals surface area contributed by atoms with Gasteiger partial charge >= 0.3 is 0 Å². The zero-order chi connectivity index (χ0) is 19.9. The van der Waals surface area contributed by atoms with E-state index in [9.17, 15) is 14.9 Å². The fourth-order valence-electron chi connectivity index (χ4n) is 3.16. The first kappa shape index (κ1) is 19.4. The molecule has 0 atom stereocenters. The first-order chi connectivity index (χ1) is 13.6. The van der Waals surface area contributed by atoms with E-state index in [-0.39, 0.29) is 18.4 Å². The number of nitrogens with zero attached hydrogens (tertiary/aromatic N) is 3. The van der Waals surface area contributed by atoms with Crippen molar-refractivity contribution in [3.63, 3.8) is 0 Å². The van der Waals surface area contributed by atoms with Crippen molar-refractivity contribution in [1.82, 2.24) is 0 Å². The van der Waals surface area contributed by atoms with E-state index in [1.165, 1.54) is 11.8 Å². The Bertz CT molecular complexity index is 901. The van der Waals surface area contributed by atoms with Gasteiger partial charge in [-0.05, 0) is 24.3 Å². The predicted molar refractivity (Wildman–Crippen MR) is 107 cm³/mol. The van der Waals surface area contributed by atoms with Crippen LogP contribution in [0, 0.1) is 11.3 Å². The Labute approximate surface area is 164 Å². The van der Waals surface area contributed by atoms with Crippen molar-refractivity contribution in [3.8, 4) is 6.07 Å². The summed E-state index contributed by atoms with van der Waals surface area (Å²) in [5.74, 6) is -0.636. The minimum Gasteiger partial charge on any atom is -0.378 e. The highest BCUT2D eigenvalue weighted by atomic mass is 16.5. The van der Waals surface area contributed by atoms with Crippen molar-refractivity contribution in [2.75, 3.05) is 48.0 Å². The number of amides is 2. The number of para-hydroxylation sites is 3. The molecule has 2 amide bonds. The molecule has 0 unspecified atom stereocenters. The van der Waals surface area contributed by atoms with Crippen LogP contribution < -0.4 is 15.1 Å². The van der Waals surface area contributed by atoms with Gasteiger partial charge in [0.1, 0.15) is 12.6 Å². The lowest BCUT2D eigenvalue weighted by Gasteiger charge is -2.30. The number of rotatable bonds is 5. The summed E-state index contributed by atoms with van der Waals surface area (Å²) in [5.41, 5.74) is 2.38. The summed E-state index contributed by atoms with van der Waals surface area (Å²) >= 11 is 0. The highest BCUT2D eigenvalue weighted by molar-refractivity contribution is 6.03. The number of hydrogen-bond donors (Lipinski definition) is 1. The van der Waals surface area contributed by atoms with E-state index in [4.69, 9.17) is 4.74 Å². The summed E-state index contributed by atoms with van der Waals surface area (Å²) in [6.45, 7) is 4.00. The number of benzene rings is 2. The maximum Gasteiger partial charge on any atom is 0.244 e. The number of morpholine rings is 1. The molecule has 1 saturated heterocycles. The fraction of sp³-hybridized carbons (Fsp3) is 0.286. The van der Waals surface area contributed by atoms with E-state index in [1.807, 2.05) is 24.3 Å². The quantitative estimate of drug-likeness (QED) is 0.863. The normalized spacial score (nSPS) is 13.5. The van der Waals surface area contributed by atoms with Crippen molar-refractivity contribution in [2.24, 2.45) is 0 Å². The topological polar surface area (TPSA) is 85.7 Å². The molecule has 1 N–H and O–H groups in total. The number of carbonyl (C=O) groups is 2. The van der Waals surface area contributed by atoms with E-state index in [0.717, 1.165) is 18.8 Å². The summed E-state index contributed by atoms with van der Waals surface area (Å²) in [6.07, 6.45) is 0. The number of hydrogen-bond acceptors (Lipinski definition) is 5. The molecule has 0 aromatic heterocycles. The average molecular weight is 378 g/mol. The van der Waals surface area contributed by atoms with Crippen LogP contribution >= 0.6 is 0 Å². The van der Waals surface area contributed by atoms with Crippen LogP contribution in [0.15, 0.2) is 48.5 Å². The second-order valence-corrected chi connectivity index (χ2v) is 6.40. The SMILES string of the molecule is CC(=O)N(CC(=O)Nc1ccccc1N1CCOCC1)c1ccccc1C#N. The number of nitrogens with one attached hydrogen (secondary N) is 1. The minimum atomic E-state index is -0.330. The van der Waals surface area contributed by atoms with Crippen molar-refractivity contribution < 1.29 is 14.3 Å². The van der Waals surface area contributed by atoms with Crippen LogP contribution in [0.1, 0.15) is 12.5 Å². The van der Waals surface area contributed by atoms with Crippen LogP contribution in [0.2, 0.25) is 0 Å². The third kappa shape index (κ3) is 4.48. The molecular formula is C21H22N4O3. The Kier molecular flexibility index (Phi) is 6.25. The second-order valence-electron chi connectivity index (χ2n) is 6.40. The van der Waals surface area contributed by atoms with E-state index >= 15 is 0 Å². The molecule has 1 fully saturated rings. The van der Waals surface area contributed by atoms with E-state index in [1.54, 1.807) is 24.3 Å². The van der Waals surface area contributed by atoms with Gasteiger partial charge in [0.25, 0.3) is 0 Å². The molecule has 1 aliphatic rings. The Hall–Kier alpha value is -3.37. The van der Waals surface area contributed by atoms with Gasteiger partial charge in [0, 0.05) is 20.0 Å². The van der Waals surface area contributed by atoms with Crippen molar-refractivity contribution in [1.29, 1.82) is 5.26 Å². The predicted octanol–water partition coefficient (Wildman–Crippen LogP) is 2.39. The Morgan fingerprint density at radius 1 is 1.14 bits per heavy atom. The Morgan fingerprint density at radius 2 is 1.82 bits per heavy atom. The maximum atomic E-state index is 12.7. The molecule has 7 nitrogen and oxygen atoms in total. The van der Waals surface area contributed by atoms with Gasteiger partial charge in [-0.15, -0.1) is 0 Å². The van der Waals surface area contributed by atoms with Crippen molar-refractivity contribution in [2.45, 2.75) is 6.92 Å². The molecule has 1 aliphatic heterocycles. The average Bonchev–Trinajstić information content (AvgIpc) is 2.73. The third-order valence-corrected chi connectivity index (χ3v) is 4.53. The molecule has 144 valence electrons. The molecule has 2 aromatic carbocycles. The summed E-state index contributed by atoms with van der Waals surface area (Å²) in [4.78, 5) is 28.3. The lowest BCUT2D eigenvalue weighted by atomic mass is 10.1. The van der Waals surface area contributed by atoms with Crippen LogP contribution in [0.25, 0.3) is 0 Å². The molecule has 0 bridgehead atoms. The molecular weight excluding hydrogens is 356 g/mol. The lowest BCUT2D eigenvalue weighted by Crippen LogP contribution is -2.38. The van der Waals surface area contributed by atoms with Gasteiger partial charge in [-0.1, -0.05) is 24.3 Å². The molecule has 0 aliphatic carbocycles. The van der Waals surface area contributed by atoms with Gasteiger partial charge < -0.3 is 19.9 Å². The molecule has 2 aromatic rings. The van der Waals surface area contributed by atoms with Crippen LogP contribution in [0.5, 0.6) is 0 Å². The van der Waals surface area contributed by atoms with Crippen LogP contribution in [0.3, 0.4) is 0 Å². The Balaban J connectivity index is 1.78. The summed E-state index contributed by atoms with van der Waals surface area (Å²) in [5, 5.41) is 12.2. The number of ether oxygens (including phenoxy) is 1. The molecule has 0 spiro atoms. The van der Waals surface area contributed by atoms with Crippen LogP contribution in [0.4, 0.5) is 17.1 Å². The van der Waals surface area contributed by atoms with Crippen molar-refractivity contribution >= 4 is 28.9 Å². The van der Waals surface area contributed by atoms with Gasteiger partial charge in [0.2, 0.25) is 11.8 Å². The lowest BCUT2D eigenvalue weighted by molar-refractivity contribution is -0.120.